The topological polar surface area (TPSA) is 79.0 Å². The quantitative estimate of drug-likeness (QED) is 0.746. The molecule has 0 radical (unpaired) electrons. The third-order valence-corrected chi connectivity index (χ3v) is 6.47. The number of ether oxygens (including phenoxy) is 1. The SMILES string of the molecule is O=c1[nH]c(CSC2CCOCC2)nc2cc(NC3CCNCC3)ccc12. The molecule has 0 unspecified atom stereocenters. The van der Waals surface area contributed by atoms with Gasteiger partial charge < -0.3 is 20.4 Å². The summed E-state index contributed by atoms with van der Waals surface area (Å²) in [6.45, 7) is 3.78. The van der Waals surface area contributed by atoms with E-state index in [2.05, 4.69) is 15.6 Å². The van der Waals surface area contributed by atoms with Gasteiger partial charge in [0, 0.05) is 30.2 Å². The fourth-order valence-corrected chi connectivity index (χ4v) is 4.64. The summed E-state index contributed by atoms with van der Waals surface area (Å²) in [6, 6.07) is 6.35. The number of anilines is 1. The van der Waals surface area contributed by atoms with E-state index in [-0.39, 0.29) is 5.56 Å². The first kappa shape index (κ1) is 17.8. The minimum absolute atomic E-state index is 0.0500. The molecule has 7 heteroatoms. The maximum absolute atomic E-state index is 12.4. The molecule has 0 bridgehead atoms. The van der Waals surface area contributed by atoms with Gasteiger partial charge in [-0.05, 0) is 57.0 Å². The smallest absolute Gasteiger partial charge is 0.258 e. The minimum atomic E-state index is -0.0500. The van der Waals surface area contributed by atoms with E-state index in [0.29, 0.717) is 16.7 Å². The van der Waals surface area contributed by atoms with E-state index in [0.717, 1.165) is 74.8 Å². The first-order chi connectivity index (χ1) is 12.8. The Hall–Kier alpha value is -1.57. The van der Waals surface area contributed by atoms with E-state index < -0.39 is 0 Å². The van der Waals surface area contributed by atoms with Crippen LogP contribution in [0.25, 0.3) is 10.9 Å². The number of rotatable bonds is 5. The summed E-state index contributed by atoms with van der Waals surface area (Å²) in [4.78, 5) is 20.1. The maximum atomic E-state index is 12.4. The number of nitrogens with zero attached hydrogens (tertiary/aromatic N) is 1. The van der Waals surface area contributed by atoms with Crippen molar-refractivity contribution in [1.29, 1.82) is 0 Å². The van der Waals surface area contributed by atoms with Gasteiger partial charge in [-0.2, -0.15) is 11.8 Å². The van der Waals surface area contributed by atoms with Crippen LogP contribution in [-0.2, 0) is 10.5 Å². The molecular weight excluding hydrogens is 348 g/mol. The van der Waals surface area contributed by atoms with Gasteiger partial charge in [0.2, 0.25) is 0 Å². The second-order valence-corrected chi connectivity index (χ2v) is 8.32. The normalized spacial score (nSPS) is 19.7. The van der Waals surface area contributed by atoms with E-state index in [4.69, 9.17) is 9.72 Å². The van der Waals surface area contributed by atoms with Crippen molar-refractivity contribution in [2.45, 2.75) is 42.7 Å². The Morgan fingerprint density at radius 1 is 1.19 bits per heavy atom. The standard InChI is InChI=1S/C19H26N4O2S/c24-19-16-2-1-14(21-13-3-7-20-8-4-13)11-17(16)22-18(23-19)12-26-15-5-9-25-10-6-15/h1-2,11,13,15,20-21H,3-10,12H2,(H,22,23,24). The summed E-state index contributed by atoms with van der Waals surface area (Å²) in [6.07, 6.45) is 4.39. The van der Waals surface area contributed by atoms with Crippen LogP contribution in [0.4, 0.5) is 5.69 Å². The van der Waals surface area contributed by atoms with Crippen molar-refractivity contribution in [2.75, 3.05) is 31.6 Å². The highest BCUT2D eigenvalue weighted by atomic mass is 32.2. The molecule has 6 nitrogen and oxygen atoms in total. The number of hydrogen-bond donors (Lipinski definition) is 3. The number of aromatic nitrogens is 2. The van der Waals surface area contributed by atoms with Gasteiger partial charge in [0.1, 0.15) is 5.82 Å². The summed E-state index contributed by atoms with van der Waals surface area (Å²) < 4.78 is 5.41. The van der Waals surface area contributed by atoms with Gasteiger partial charge in [-0.25, -0.2) is 4.98 Å². The summed E-state index contributed by atoms with van der Waals surface area (Å²) >= 11 is 1.87. The average molecular weight is 375 g/mol. The van der Waals surface area contributed by atoms with Crippen molar-refractivity contribution in [3.63, 3.8) is 0 Å². The zero-order valence-corrected chi connectivity index (χ0v) is 15.7. The second kappa shape index (κ2) is 8.41. The lowest BCUT2D eigenvalue weighted by atomic mass is 10.1. The van der Waals surface area contributed by atoms with Crippen LogP contribution in [0.1, 0.15) is 31.5 Å². The lowest BCUT2D eigenvalue weighted by molar-refractivity contribution is 0.1000. The molecule has 3 heterocycles. The van der Waals surface area contributed by atoms with Crippen molar-refractivity contribution in [3.8, 4) is 0 Å². The fraction of sp³-hybridized carbons (Fsp3) is 0.579. The molecule has 2 aliphatic rings. The molecule has 140 valence electrons. The number of H-pyrrole nitrogens is 1. The van der Waals surface area contributed by atoms with Crippen LogP contribution in [0.2, 0.25) is 0 Å². The van der Waals surface area contributed by atoms with Gasteiger partial charge in [0.05, 0.1) is 16.7 Å². The largest absolute Gasteiger partial charge is 0.382 e. The van der Waals surface area contributed by atoms with Crippen molar-refractivity contribution in [2.24, 2.45) is 0 Å². The van der Waals surface area contributed by atoms with Crippen molar-refractivity contribution in [3.05, 3.63) is 34.4 Å². The Morgan fingerprint density at radius 3 is 2.81 bits per heavy atom. The summed E-state index contributed by atoms with van der Waals surface area (Å²) in [7, 11) is 0. The van der Waals surface area contributed by atoms with Crippen molar-refractivity contribution in [1.82, 2.24) is 15.3 Å². The van der Waals surface area contributed by atoms with Crippen molar-refractivity contribution < 1.29 is 4.74 Å². The second-order valence-electron chi connectivity index (χ2n) is 7.04. The van der Waals surface area contributed by atoms with Crippen LogP contribution in [0.5, 0.6) is 0 Å². The highest BCUT2D eigenvalue weighted by molar-refractivity contribution is 7.99. The van der Waals surface area contributed by atoms with Gasteiger partial charge >= 0.3 is 0 Å². The fourth-order valence-electron chi connectivity index (χ4n) is 3.59. The average Bonchev–Trinajstić information content (AvgIpc) is 2.68. The Balaban J connectivity index is 1.48. The summed E-state index contributed by atoms with van der Waals surface area (Å²) in [5.41, 5.74) is 1.77. The van der Waals surface area contributed by atoms with Crippen LogP contribution >= 0.6 is 11.8 Å². The number of hydrogen-bond acceptors (Lipinski definition) is 6. The number of piperidine rings is 1. The molecule has 3 N–H and O–H groups in total. The third kappa shape index (κ3) is 4.39. The van der Waals surface area contributed by atoms with Crippen LogP contribution in [-0.4, -0.2) is 47.6 Å². The van der Waals surface area contributed by atoms with Crippen LogP contribution in [0.15, 0.2) is 23.0 Å². The predicted octanol–water partition coefficient (Wildman–Crippen LogP) is 2.50. The number of nitrogens with one attached hydrogen (secondary N) is 3. The Labute approximate surface area is 157 Å². The molecule has 4 rings (SSSR count). The lowest BCUT2D eigenvalue weighted by Crippen LogP contribution is -2.35. The molecule has 1 aromatic carbocycles. The zero-order valence-electron chi connectivity index (χ0n) is 14.9. The molecule has 26 heavy (non-hydrogen) atoms. The van der Waals surface area contributed by atoms with E-state index in [1.165, 1.54) is 0 Å². The first-order valence-corrected chi connectivity index (χ1v) is 10.5. The Bertz CT molecular complexity index is 798. The number of fused-ring (bicyclic) bond motifs is 1. The number of benzene rings is 1. The van der Waals surface area contributed by atoms with Gasteiger partial charge in [-0.3, -0.25) is 4.79 Å². The monoisotopic (exact) mass is 374 g/mol. The molecule has 2 fully saturated rings. The highest BCUT2D eigenvalue weighted by Crippen LogP contribution is 2.25. The molecule has 0 saturated carbocycles. The Kier molecular flexibility index (Phi) is 5.77. The molecule has 2 aliphatic heterocycles. The van der Waals surface area contributed by atoms with Crippen LogP contribution < -0.4 is 16.2 Å². The zero-order chi connectivity index (χ0) is 17.8. The van der Waals surface area contributed by atoms with Gasteiger partial charge in [0.25, 0.3) is 5.56 Å². The van der Waals surface area contributed by atoms with Crippen LogP contribution in [0, 0.1) is 0 Å². The Morgan fingerprint density at radius 2 is 2.00 bits per heavy atom. The van der Waals surface area contributed by atoms with E-state index in [1.54, 1.807) is 0 Å². The predicted molar refractivity (Wildman–Crippen MR) is 107 cm³/mol. The van der Waals surface area contributed by atoms with E-state index >= 15 is 0 Å². The lowest BCUT2D eigenvalue weighted by Gasteiger charge is -2.24. The maximum Gasteiger partial charge on any atom is 0.258 e. The molecule has 0 atom stereocenters. The molecule has 0 aliphatic carbocycles. The minimum Gasteiger partial charge on any atom is -0.382 e. The van der Waals surface area contributed by atoms with Crippen molar-refractivity contribution >= 4 is 28.4 Å². The number of thioether (sulfide) groups is 1. The molecular formula is C19H26N4O2S. The number of aromatic amines is 1. The van der Waals surface area contributed by atoms with E-state index in [1.807, 2.05) is 30.0 Å². The molecule has 1 aromatic heterocycles. The molecule has 0 amide bonds. The molecule has 2 saturated heterocycles. The van der Waals surface area contributed by atoms with Crippen LogP contribution in [0.3, 0.4) is 0 Å². The third-order valence-electron chi connectivity index (χ3n) is 5.09. The van der Waals surface area contributed by atoms with E-state index in [9.17, 15) is 4.79 Å². The summed E-state index contributed by atoms with van der Waals surface area (Å²) in [5, 5.41) is 8.21. The summed E-state index contributed by atoms with van der Waals surface area (Å²) in [5.74, 6) is 1.50. The van der Waals surface area contributed by atoms with Gasteiger partial charge in [-0.15, -0.1) is 0 Å². The first-order valence-electron chi connectivity index (χ1n) is 9.47. The molecule has 0 spiro atoms. The van der Waals surface area contributed by atoms with Gasteiger partial charge in [0.15, 0.2) is 0 Å². The highest BCUT2D eigenvalue weighted by Gasteiger charge is 2.16. The van der Waals surface area contributed by atoms with Gasteiger partial charge in [-0.1, -0.05) is 0 Å². The molecule has 2 aromatic rings.